The summed E-state index contributed by atoms with van der Waals surface area (Å²) in [6.45, 7) is 1.53. The van der Waals surface area contributed by atoms with Crippen LogP contribution < -0.4 is 16.8 Å². The minimum absolute atomic E-state index is 0.161. The highest BCUT2D eigenvalue weighted by molar-refractivity contribution is 8.00. The number of anilines is 1. The maximum atomic E-state index is 12.8. The number of carbonyl (C=O) groups is 4. The molecule has 1 aromatic rings. The molecule has 1 saturated heterocycles. The molecule has 3 heterocycles. The van der Waals surface area contributed by atoms with Crippen LogP contribution in [0.15, 0.2) is 21.8 Å². The van der Waals surface area contributed by atoms with Gasteiger partial charge in [-0.1, -0.05) is 5.16 Å². The Hall–Kier alpha value is -3.33. The molecule has 0 spiro atoms. The molecule has 6 N–H and O–H groups in total. The second-order valence-corrected chi connectivity index (χ2v) is 8.15. The number of rotatable bonds is 8. The van der Waals surface area contributed by atoms with Gasteiger partial charge >= 0.3 is 12.1 Å². The summed E-state index contributed by atoms with van der Waals surface area (Å²) in [6, 6.07) is -0.992. The number of ether oxygens (including phenoxy) is 1. The molecule has 0 saturated carbocycles. The zero-order chi connectivity index (χ0) is 22.7. The lowest BCUT2D eigenvalue weighted by Gasteiger charge is -2.49. The number of nitrogen functional groups attached to an aromatic ring is 1. The number of primary amides is 1. The monoisotopic (exact) mass is 470 g/mol. The van der Waals surface area contributed by atoms with Gasteiger partial charge in [-0.2, -0.15) is 0 Å². The fourth-order valence-corrected chi connectivity index (χ4v) is 4.77. The maximum Gasteiger partial charge on any atom is 0.404 e. The van der Waals surface area contributed by atoms with Gasteiger partial charge in [-0.05, 0) is 6.92 Å². The van der Waals surface area contributed by atoms with Crippen molar-refractivity contribution in [2.45, 2.75) is 18.3 Å². The van der Waals surface area contributed by atoms with Crippen molar-refractivity contribution in [3.05, 3.63) is 22.3 Å². The standard InChI is InChI=1S/C16H18N6O7S2/c1-2-29-21-8(7-5-31-15(17)19-7)11(23)20-9-12(24)22-10(14(25)26)6(3-28-16(18)27)4-30-13(9)22/h5,9,13H,2-4H2,1H3,(H2,17,19)(H2,18,27)(H,20,23)(H,25,26)/t9?,13-/m1/s1. The molecule has 2 aliphatic rings. The molecule has 2 atom stereocenters. The smallest absolute Gasteiger partial charge is 0.404 e. The Labute approximate surface area is 183 Å². The number of carboxylic acid groups (broad SMARTS) is 1. The zero-order valence-electron chi connectivity index (χ0n) is 16.1. The number of nitrogens with two attached hydrogens (primary N) is 2. The molecule has 31 heavy (non-hydrogen) atoms. The van der Waals surface area contributed by atoms with Gasteiger partial charge in [0.1, 0.15) is 36.0 Å². The van der Waals surface area contributed by atoms with E-state index in [1.54, 1.807) is 6.92 Å². The summed E-state index contributed by atoms with van der Waals surface area (Å²) >= 11 is 2.32. The topological polar surface area (TPSA) is 200 Å². The average molecular weight is 470 g/mol. The normalized spacial score (nSPS) is 20.6. The molecule has 15 heteroatoms. The number of fused-ring (bicyclic) bond motifs is 1. The number of nitrogens with zero attached hydrogens (tertiary/aromatic N) is 3. The summed E-state index contributed by atoms with van der Waals surface area (Å²) in [6.07, 6.45) is -1.06. The number of carbonyl (C=O) groups excluding carboxylic acids is 3. The molecule has 3 amide bonds. The summed E-state index contributed by atoms with van der Waals surface area (Å²) in [7, 11) is 0. The number of hydrogen-bond donors (Lipinski definition) is 4. The van der Waals surface area contributed by atoms with Gasteiger partial charge in [0.15, 0.2) is 10.8 Å². The first-order chi connectivity index (χ1) is 14.7. The Morgan fingerprint density at radius 2 is 2.19 bits per heavy atom. The number of aliphatic carboxylic acids is 1. The quantitative estimate of drug-likeness (QED) is 0.214. The van der Waals surface area contributed by atoms with E-state index in [4.69, 9.17) is 16.3 Å². The van der Waals surface area contributed by atoms with Crippen LogP contribution in [0, 0.1) is 0 Å². The van der Waals surface area contributed by atoms with Crippen LogP contribution in [0.4, 0.5) is 9.93 Å². The van der Waals surface area contributed by atoms with Gasteiger partial charge in [0.05, 0.1) is 0 Å². The van der Waals surface area contributed by atoms with Gasteiger partial charge in [0, 0.05) is 16.7 Å². The van der Waals surface area contributed by atoms with Crippen molar-refractivity contribution in [3.8, 4) is 0 Å². The van der Waals surface area contributed by atoms with Crippen molar-refractivity contribution in [3.63, 3.8) is 0 Å². The van der Waals surface area contributed by atoms with E-state index in [1.807, 2.05) is 0 Å². The molecule has 0 aromatic carbocycles. The third-order valence-electron chi connectivity index (χ3n) is 4.19. The second-order valence-electron chi connectivity index (χ2n) is 6.15. The Morgan fingerprint density at radius 1 is 1.45 bits per heavy atom. The molecule has 13 nitrogen and oxygen atoms in total. The van der Waals surface area contributed by atoms with Crippen molar-refractivity contribution in [1.29, 1.82) is 0 Å². The fourth-order valence-electron chi connectivity index (χ4n) is 2.89. The van der Waals surface area contributed by atoms with E-state index in [1.165, 1.54) is 17.1 Å². The van der Waals surface area contributed by atoms with Crippen molar-refractivity contribution < 1.29 is 33.9 Å². The van der Waals surface area contributed by atoms with E-state index >= 15 is 0 Å². The zero-order valence-corrected chi connectivity index (χ0v) is 17.7. The highest BCUT2D eigenvalue weighted by Gasteiger charge is 2.54. The lowest BCUT2D eigenvalue weighted by Crippen LogP contribution is -2.71. The highest BCUT2D eigenvalue weighted by atomic mass is 32.2. The van der Waals surface area contributed by atoms with Crippen molar-refractivity contribution in [2.24, 2.45) is 10.9 Å². The van der Waals surface area contributed by atoms with Crippen molar-refractivity contribution >= 4 is 57.8 Å². The van der Waals surface area contributed by atoms with Crippen LogP contribution in [-0.4, -0.2) is 75.0 Å². The Balaban J connectivity index is 1.78. The molecular formula is C16H18N6O7S2. The highest BCUT2D eigenvalue weighted by Crippen LogP contribution is 2.40. The third-order valence-corrected chi connectivity index (χ3v) is 6.20. The number of β-lactam (4-membered cyclic amide) rings is 1. The first-order valence-electron chi connectivity index (χ1n) is 8.79. The van der Waals surface area contributed by atoms with Crippen molar-refractivity contribution in [1.82, 2.24) is 15.2 Å². The Kier molecular flexibility index (Phi) is 6.65. The van der Waals surface area contributed by atoms with Gasteiger partial charge in [-0.25, -0.2) is 14.6 Å². The molecule has 1 aromatic heterocycles. The van der Waals surface area contributed by atoms with E-state index < -0.39 is 35.3 Å². The minimum atomic E-state index is -1.36. The van der Waals surface area contributed by atoms with Gasteiger partial charge in [0.2, 0.25) is 0 Å². The van der Waals surface area contributed by atoms with Crippen LogP contribution in [0.5, 0.6) is 0 Å². The first-order valence-corrected chi connectivity index (χ1v) is 10.7. The van der Waals surface area contributed by atoms with Crippen LogP contribution in [0.25, 0.3) is 0 Å². The molecule has 0 aliphatic carbocycles. The predicted molar refractivity (Wildman–Crippen MR) is 110 cm³/mol. The Bertz CT molecular complexity index is 991. The number of carboxylic acids is 1. The molecule has 1 fully saturated rings. The van der Waals surface area contributed by atoms with Crippen LogP contribution >= 0.6 is 23.1 Å². The van der Waals surface area contributed by atoms with E-state index in [-0.39, 0.29) is 46.8 Å². The van der Waals surface area contributed by atoms with E-state index in [9.17, 15) is 24.3 Å². The molecule has 166 valence electrons. The molecule has 3 rings (SSSR count). The van der Waals surface area contributed by atoms with Gasteiger partial charge in [-0.15, -0.1) is 23.1 Å². The minimum Gasteiger partial charge on any atom is -0.477 e. The number of aromatic nitrogens is 1. The number of nitrogens with one attached hydrogen (secondary N) is 1. The lowest BCUT2D eigenvalue weighted by atomic mass is 10.0. The number of hydrogen-bond acceptors (Lipinski definition) is 11. The summed E-state index contributed by atoms with van der Waals surface area (Å²) in [4.78, 5) is 58.0. The molecule has 2 aliphatic heterocycles. The van der Waals surface area contributed by atoms with E-state index in [0.717, 1.165) is 16.2 Å². The average Bonchev–Trinajstić information content (AvgIpc) is 3.15. The fraction of sp³-hybridized carbons (Fsp3) is 0.375. The summed E-state index contributed by atoms with van der Waals surface area (Å²) in [5.41, 5.74) is 10.5. The molecular weight excluding hydrogens is 452 g/mol. The van der Waals surface area contributed by atoms with Crippen LogP contribution in [0.2, 0.25) is 0 Å². The molecule has 0 radical (unpaired) electrons. The molecule has 1 unspecified atom stereocenters. The number of thioether (sulfide) groups is 1. The van der Waals surface area contributed by atoms with Crippen molar-refractivity contribution in [2.75, 3.05) is 24.7 Å². The van der Waals surface area contributed by atoms with Crippen LogP contribution in [-0.2, 0) is 24.0 Å². The van der Waals surface area contributed by atoms with Gasteiger partial charge in [-0.3, -0.25) is 14.5 Å². The third kappa shape index (κ3) is 4.56. The van der Waals surface area contributed by atoms with E-state index in [2.05, 4.69) is 20.2 Å². The summed E-state index contributed by atoms with van der Waals surface area (Å²) < 4.78 is 4.67. The number of oxime groups is 1. The van der Waals surface area contributed by atoms with Crippen LogP contribution in [0.3, 0.4) is 0 Å². The van der Waals surface area contributed by atoms with Gasteiger partial charge in [0.25, 0.3) is 11.8 Å². The Morgan fingerprint density at radius 3 is 2.77 bits per heavy atom. The first kappa shape index (κ1) is 22.4. The predicted octanol–water partition coefficient (Wildman–Crippen LogP) is -0.700. The molecule has 0 bridgehead atoms. The lowest BCUT2D eigenvalue weighted by molar-refractivity contribution is -0.150. The summed E-state index contributed by atoms with van der Waals surface area (Å²) in [5.74, 6) is -2.55. The number of amides is 3. The maximum absolute atomic E-state index is 12.8. The van der Waals surface area contributed by atoms with Gasteiger partial charge < -0.3 is 31.5 Å². The van der Waals surface area contributed by atoms with E-state index in [0.29, 0.717) is 0 Å². The van der Waals surface area contributed by atoms with Crippen LogP contribution in [0.1, 0.15) is 12.6 Å². The largest absolute Gasteiger partial charge is 0.477 e. The summed E-state index contributed by atoms with van der Waals surface area (Å²) in [5, 5.41) is 16.9. The number of thiazole rings is 1. The SMILES string of the molecule is CCON=C(C(=O)NC1C(=O)N2C(C(=O)O)=C(COC(N)=O)CS[C@H]12)c1csc(N)n1. The second kappa shape index (κ2) is 9.22.